The summed E-state index contributed by atoms with van der Waals surface area (Å²) in [6.07, 6.45) is 2.16. The predicted octanol–water partition coefficient (Wildman–Crippen LogP) is 5.05. The summed E-state index contributed by atoms with van der Waals surface area (Å²) in [6, 6.07) is 16.1. The minimum Gasteiger partial charge on any atom is -0.244 e. The molecule has 2 aromatic rings. The normalized spacial score (nSPS) is 24.2. The van der Waals surface area contributed by atoms with Crippen LogP contribution in [0.5, 0.6) is 0 Å². The lowest BCUT2D eigenvalue weighted by Gasteiger charge is -2.26. The van der Waals surface area contributed by atoms with E-state index in [1.165, 1.54) is 11.1 Å². The molecule has 21 heavy (non-hydrogen) atoms. The fourth-order valence-corrected chi connectivity index (χ4v) is 5.27. The summed E-state index contributed by atoms with van der Waals surface area (Å²) in [5, 5.41) is 0. The average Bonchev–Trinajstić information content (AvgIpc) is 2.48. The number of rotatable bonds is 3. The van der Waals surface area contributed by atoms with E-state index in [1.807, 2.05) is 43.3 Å². The first-order valence-corrected chi connectivity index (χ1v) is 9.21. The summed E-state index contributed by atoms with van der Waals surface area (Å²) < 4.78 is 18.0. The minimum absolute atomic E-state index is 0.345. The molecule has 0 saturated heterocycles. The Balaban J connectivity index is 2.13. The molecule has 0 aliphatic carbocycles. The molecule has 0 fully saturated rings. The Labute approximate surface area is 127 Å². The Morgan fingerprint density at radius 1 is 1.14 bits per heavy atom. The lowest BCUT2D eigenvalue weighted by molar-refractivity contribution is 0.635. The van der Waals surface area contributed by atoms with Crippen molar-refractivity contribution in [1.29, 1.82) is 0 Å². The molecular weight excluding hydrogens is 278 g/mol. The molecule has 0 radical (unpaired) electrons. The van der Waals surface area contributed by atoms with Gasteiger partial charge in [0.2, 0.25) is 0 Å². The maximum absolute atomic E-state index is 13.4. The summed E-state index contributed by atoms with van der Waals surface area (Å²) >= 11 is 0. The van der Waals surface area contributed by atoms with Gasteiger partial charge < -0.3 is 0 Å². The Hall–Kier alpha value is -1.61. The van der Waals surface area contributed by atoms with E-state index in [2.05, 4.69) is 23.4 Å². The van der Waals surface area contributed by atoms with Gasteiger partial charge in [0.15, 0.2) is 0 Å². The highest BCUT2D eigenvalue weighted by Crippen LogP contribution is 2.39. The van der Waals surface area contributed by atoms with Crippen molar-refractivity contribution >= 4 is 15.4 Å². The van der Waals surface area contributed by atoms with Crippen molar-refractivity contribution in [2.75, 3.05) is 5.75 Å². The van der Waals surface area contributed by atoms with Gasteiger partial charge in [-0.1, -0.05) is 49.2 Å². The van der Waals surface area contributed by atoms with Gasteiger partial charge in [-0.05, 0) is 43.0 Å². The molecule has 3 heteroatoms. The number of aryl methyl sites for hydroxylation is 1. The molecule has 0 saturated carbocycles. The molecule has 3 rings (SSSR count). The topological polar surface area (TPSA) is 29.4 Å². The standard InChI is InChI=1S/C18H21NOS/c1-3-6-15-13-21(20,16-11-9-14(2)10-12-16)19-18-8-5-4-7-17(15)18/h4-5,7-12,15H,3,6,13H2,1-2H3/t15-,21?/m1/s1. The number of fused-ring (bicyclic) bond motifs is 1. The van der Waals surface area contributed by atoms with Gasteiger partial charge in [0.25, 0.3) is 0 Å². The number of hydrogen-bond acceptors (Lipinski definition) is 2. The molecule has 1 heterocycles. The molecule has 0 N–H and O–H groups in total. The molecule has 2 nitrogen and oxygen atoms in total. The lowest BCUT2D eigenvalue weighted by Crippen LogP contribution is -2.18. The highest BCUT2D eigenvalue weighted by Gasteiger charge is 2.27. The molecule has 0 aromatic heterocycles. The van der Waals surface area contributed by atoms with Crippen LogP contribution in [0.4, 0.5) is 5.69 Å². The Morgan fingerprint density at radius 2 is 1.86 bits per heavy atom. The molecule has 110 valence electrons. The smallest absolute Gasteiger partial charge is 0.0806 e. The maximum atomic E-state index is 13.4. The van der Waals surface area contributed by atoms with Crippen molar-refractivity contribution < 1.29 is 4.21 Å². The van der Waals surface area contributed by atoms with Crippen LogP contribution < -0.4 is 0 Å². The second-order valence-electron chi connectivity index (χ2n) is 5.76. The first kappa shape index (κ1) is 14.3. The number of nitrogens with zero attached hydrogens (tertiary/aromatic N) is 1. The highest BCUT2D eigenvalue weighted by atomic mass is 32.2. The zero-order valence-corrected chi connectivity index (χ0v) is 13.4. The van der Waals surface area contributed by atoms with Crippen molar-refractivity contribution in [3.8, 4) is 0 Å². The average molecular weight is 299 g/mol. The lowest BCUT2D eigenvalue weighted by atomic mass is 9.95. The van der Waals surface area contributed by atoms with Crippen molar-refractivity contribution in [2.24, 2.45) is 4.36 Å². The Bertz CT molecular complexity index is 755. The molecule has 0 bridgehead atoms. The highest BCUT2D eigenvalue weighted by molar-refractivity contribution is 7.93. The first-order chi connectivity index (χ1) is 10.1. The predicted molar refractivity (Wildman–Crippen MR) is 88.6 cm³/mol. The van der Waals surface area contributed by atoms with Gasteiger partial charge in [-0.15, -0.1) is 0 Å². The molecule has 0 spiro atoms. The van der Waals surface area contributed by atoms with Crippen LogP contribution in [0.2, 0.25) is 0 Å². The third-order valence-corrected chi connectivity index (χ3v) is 6.43. The largest absolute Gasteiger partial charge is 0.244 e. The fraction of sp³-hybridized carbons (Fsp3) is 0.333. The van der Waals surface area contributed by atoms with Crippen LogP contribution in [0.3, 0.4) is 0 Å². The van der Waals surface area contributed by atoms with E-state index in [9.17, 15) is 4.21 Å². The SMILES string of the molecule is CCC[C@@H]1CS(=O)(c2ccc(C)cc2)=Nc2ccccc21. The van der Waals surface area contributed by atoms with Crippen LogP contribution in [0.1, 0.15) is 36.8 Å². The van der Waals surface area contributed by atoms with E-state index in [4.69, 9.17) is 0 Å². The van der Waals surface area contributed by atoms with Crippen LogP contribution in [0.15, 0.2) is 57.8 Å². The Kier molecular flexibility index (Phi) is 3.85. The molecule has 0 amide bonds. The van der Waals surface area contributed by atoms with E-state index in [0.717, 1.165) is 23.4 Å². The zero-order chi connectivity index (χ0) is 14.9. The summed E-state index contributed by atoms with van der Waals surface area (Å²) in [5.41, 5.74) is 3.35. The Morgan fingerprint density at radius 3 is 2.57 bits per heavy atom. The van der Waals surface area contributed by atoms with Crippen LogP contribution >= 0.6 is 0 Å². The van der Waals surface area contributed by atoms with Crippen molar-refractivity contribution in [1.82, 2.24) is 0 Å². The van der Waals surface area contributed by atoms with Gasteiger partial charge in [-0.3, -0.25) is 0 Å². The van der Waals surface area contributed by atoms with Gasteiger partial charge in [0.1, 0.15) is 0 Å². The van der Waals surface area contributed by atoms with Crippen molar-refractivity contribution in [3.05, 3.63) is 59.7 Å². The van der Waals surface area contributed by atoms with Gasteiger partial charge in [0, 0.05) is 10.6 Å². The van der Waals surface area contributed by atoms with Gasteiger partial charge in [-0.2, -0.15) is 4.36 Å². The van der Waals surface area contributed by atoms with E-state index >= 15 is 0 Å². The van der Waals surface area contributed by atoms with E-state index in [0.29, 0.717) is 11.7 Å². The summed E-state index contributed by atoms with van der Waals surface area (Å²) in [4.78, 5) is 0.865. The summed E-state index contributed by atoms with van der Waals surface area (Å²) in [5.74, 6) is 0.985. The monoisotopic (exact) mass is 299 g/mol. The summed E-state index contributed by atoms with van der Waals surface area (Å²) in [7, 11) is -2.35. The molecule has 2 aromatic carbocycles. The second kappa shape index (κ2) is 5.64. The van der Waals surface area contributed by atoms with Gasteiger partial charge >= 0.3 is 0 Å². The third kappa shape index (κ3) is 2.75. The number of hydrogen-bond donors (Lipinski definition) is 0. The quantitative estimate of drug-likeness (QED) is 0.779. The van der Waals surface area contributed by atoms with Crippen molar-refractivity contribution in [3.63, 3.8) is 0 Å². The number of benzene rings is 2. The molecule has 2 atom stereocenters. The minimum atomic E-state index is -2.35. The van der Waals surface area contributed by atoms with Gasteiger partial charge in [0.05, 0.1) is 15.4 Å². The van der Waals surface area contributed by atoms with E-state index < -0.39 is 9.73 Å². The van der Waals surface area contributed by atoms with E-state index in [-0.39, 0.29) is 0 Å². The first-order valence-electron chi connectivity index (χ1n) is 7.53. The molecule has 1 unspecified atom stereocenters. The van der Waals surface area contributed by atoms with Crippen LogP contribution in [0, 0.1) is 6.92 Å². The second-order valence-corrected chi connectivity index (χ2v) is 8.02. The third-order valence-electron chi connectivity index (χ3n) is 4.08. The van der Waals surface area contributed by atoms with Crippen LogP contribution in [0.25, 0.3) is 0 Å². The fourth-order valence-electron chi connectivity index (χ4n) is 2.96. The van der Waals surface area contributed by atoms with Crippen molar-refractivity contribution in [2.45, 2.75) is 37.5 Å². The maximum Gasteiger partial charge on any atom is 0.0806 e. The summed E-state index contributed by atoms with van der Waals surface area (Å²) in [6.45, 7) is 4.23. The van der Waals surface area contributed by atoms with Crippen LogP contribution in [-0.2, 0) is 9.73 Å². The zero-order valence-electron chi connectivity index (χ0n) is 12.6. The molecular formula is C18H21NOS. The molecule has 1 aliphatic heterocycles. The van der Waals surface area contributed by atoms with Crippen LogP contribution in [-0.4, -0.2) is 9.96 Å². The molecule has 1 aliphatic rings. The van der Waals surface area contributed by atoms with Gasteiger partial charge in [-0.25, -0.2) is 4.21 Å². The van der Waals surface area contributed by atoms with E-state index in [1.54, 1.807) is 0 Å².